The number of aliphatic imine (C=N–C) groups is 1. The molecule has 0 aromatic heterocycles. The van der Waals surface area contributed by atoms with Crippen LogP contribution >= 0.6 is 23.4 Å². The summed E-state index contributed by atoms with van der Waals surface area (Å²) in [5, 5.41) is 15.9. The summed E-state index contributed by atoms with van der Waals surface area (Å²) in [5.41, 5.74) is 1.95. The molecule has 0 spiro atoms. The normalized spacial score (nSPS) is 16.8. The van der Waals surface area contributed by atoms with Crippen molar-refractivity contribution in [3.8, 4) is 11.5 Å². The molecule has 2 aromatic carbocycles. The van der Waals surface area contributed by atoms with Gasteiger partial charge in [-0.25, -0.2) is 0 Å². The molecular formula is C24H23ClN4O3S. The second kappa shape index (κ2) is 9.80. The molecule has 4 rings (SSSR count). The molecule has 1 amide bonds. The van der Waals surface area contributed by atoms with E-state index in [-0.39, 0.29) is 17.3 Å². The van der Waals surface area contributed by atoms with Crippen molar-refractivity contribution in [2.75, 3.05) is 13.2 Å². The number of nitrogens with zero attached hydrogens (tertiary/aromatic N) is 3. The molecule has 0 fully saturated rings. The molecule has 0 unspecified atom stereocenters. The summed E-state index contributed by atoms with van der Waals surface area (Å²) in [5.74, 6) is 1.02. The minimum atomic E-state index is -0.469. The van der Waals surface area contributed by atoms with E-state index in [0.29, 0.717) is 34.7 Å². The summed E-state index contributed by atoms with van der Waals surface area (Å²) in [6.07, 6.45) is 1.59. The topological polar surface area (TPSA) is 87.3 Å². The van der Waals surface area contributed by atoms with Crippen LogP contribution in [0.2, 0.25) is 5.02 Å². The van der Waals surface area contributed by atoms with Crippen LogP contribution in [0.3, 0.4) is 0 Å². The molecule has 1 N–H and O–H groups in total. The fourth-order valence-electron chi connectivity index (χ4n) is 3.15. The Kier molecular flexibility index (Phi) is 6.85. The Bertz CT molecular complexity index is 1210. The Morgan fingerprint density at radius 3 is 2.70 bits per heavy atom. The van der Waals surface area contributed by atoms with E-state index < -0.39 is 5.91 Å². The lowest BCUT2D eigenvalue weighted by molar-refractivity contribution is -0.114. The summed E-state index contributed by atoms with van der Waals surface area (Å²) >= 11 is 7.70. The molecule has 170 valence electrons. The standard InChI is InChI=1S/C24H23ClN4O3S/c1-14(2)23-28-29-21(26)18(22(30)27-24(29)33-23)12-16-7-8-20(19(25)13-16)32-10-9-31-17-6-4-5-15(3)11-17/h4-8,11-14,26H,9-10H2,1-3H3/b18-12-,26-21?. The summed E-state index contributed by atoms with van der Waals surface area (Å²) in [4.78, 5) is 16.6. The predicted molar refractivity (Wildman–Crippen MR) is 133 cm³/mol. The van der Waals surface area contributed by atoms with Crippen LogP contribution in [0, 0.1) is 18.3 Å². The number of carbonyl (C=O) groups is 1. The molecule has 9 heteroatoms. The Morgan fingerprint density at radius 2 is 1.97 bits per heavy atom. The van der Waals surface area contributed by atoms with Crippen LogP contribution in [0.1, 0.15) is 25.0 Å². The fourth-order valence-corrected chi connectivity index (χ4v) is 4.28. The molecular weight excluding hydrogens is 460 g/mol. The lowest BCUT2D eigenvalue weighted by atomic mass is 10.1. The van der Waals surface area contributed by atoms with E-state index in [4.69, 9.17) is 26.5 Å². The number of ether oxygens (including phenoxy) is 2. The molecule has 0 bridgehead atoms. The summed E-state index contributed by atoms with van der Waals surface area (Å²) in [6.45, 7) is 6.73. The van der Waals surface area contributed by atoms with Crippen LogP contribution in [0.4, 0.5) is 0 Å². The van der Waals surface area contributed by atoms with E-state index in [1.807, 2.05) is 45.0 Å². The number of amidine groups is 2. The van der Waals surface area contributed by atoms with E-state index in [0.717, 1.165) is 16.4 Å². The zero-order chi connectivity index (χ0) is 23.5. The highest BCUT2D eigenvalue weighted by Gasteiger charge is 2.36. The van der Waals surface area contributed by atoms with Gasteiger partial charge in [-0.15, -0.1) is 0 Å². The van der Waals surface area contributed by atoms with Crippen LogP contribution < -0.4 is 9.47 Å². The molecule has 2 aromatic rings. The predicted octanol–water partition coefficient (Wildman–Crippen LogP) is 5.38. The third kappa shape index (κ3) is 5.29. The number of nitrogens with one attached hydrogen (secondary N) is 1. The van der Waals surface area contributed by atoms with Crippen molar-refractivity contribution in [1.29, 1.82) is 5.41 Å². The van der Waals surface area contributed by atoms with Crippen molar-refractivity contribution < 1.29 is 14.3 Å². The highest BCUT2D eigenvalue weighted by Crippen LogP contribution is 2.32. The van der Waals surface area contributed by atoms with Crippen molar-refractivity contribution in [1.82, 2.24) is 5.01 Å². The molecule has 33 heavy (non-hydrogen) atoms. The summed E-state index contributed by atoms with van der Waals surface area (Å²) in [7, 11) is 0. The molecule has 0 aliphatic carbocycles. The van der Waals surface area contributed by atoms with E-state index in [9.17, 15) is 4.79 Å². The van der Waals surface area contributed by atoms with Gasteiger partial charge in [0.2, 0.25) is 5.17 Å². The number of fused-ring (bicyclic) bond motifs is 1. The number of carbonyl (C=O) groups excluding carboxylic acids is 1. The monoisotopic (exact) mass is 482 g/mol. The van der Waals surface area contributed by atoms with Gasteiger partial charge in [0.25, 0.3) is 5.91 Å². The van der Waals surface area contributed by atoms with Gasteiger partial charge in [0, 0.05) is 5.92 Å². The van der Waals surface area contributed by atoms with Crippen molar-refractivity contribution in [3.63, 3.8) is 0 Å². The number of benzene rings is 2. The molecule has 2 aliphatic heterocycles. The molecule has 7 nitrogen and oxygen atoms in total. The molecule has 2 heterocycles. The second-order valence-electron chi connectivity index (χ2n) is 7.82. The largest absolute Gasteiger partial charge is 0.490 e. The van der Waals surface area contributed by atoms with Crippen LogP contribution in [-0.2, 0) is 4.79 Å². The highest BCUT2D eigenvalue weighted by atomic mass is 35.5. The molecule has 0 radical (unpaired) electrons. The van der Waals surface area contributed by atoms with Gasteiger partial charge in [-0.05, 0) is 60.2 Å². The van der Waals surface area contributed by atoms with E-state index >= 15 is 0 Å². The number of aryl methyl sites for hydroxylation is 1. The van der Waals surface area contributed by atoms with Gasteiger partial charge in [0.1, 0.15) is 29.8 Å². The first-order valence-corrected chi connectivity index (χ1v) is 11.6. The third-order valence-electron chi connectivity index (χ3n) is 4.83. The molecule has 0 saturated heterocycles. The summed E-state index contributed by atoms with van der Waals surface area (Å²) < 4.78 is 11.4. The maximum absolute atomic E-state index is 12.5. The SMILES string of the molecule is Cc1cccc(OCCOc2ccc(/C=C3/C(=N)N4N=C(C(C)C)SC4=NC3=O)cc2Cl)c1. The molecule has 0 saturated carbocycles. The maximum Gasteiger partial charge on any atom is 0.283 e. The van der Waals surface area contributed by atoms with Gasteiger partial charge in [0.05, 0.1) is 10.6 Å². The second-order valence-corrected chi connectivity index (χ2v) is 9.21. The van der Waals surface area contributed by atoms with Crippen LogP contribution in [0.15, 0.2) is 58.1 Å². The number of hydrogen-bond acceptors (Lipinski definition) is 6. The van der Waals surface area contributed by atoms with Gasteiger partial charge in [-0.3, -0.25) is 10.2 Å². The van der Waals surface area contributed by atoms with E-state index in [1.165, 1.54) is 16.8 Å². The number of amides is 1. The van der Waals surface area contributed by atoms with Crippen molar-refractivity contribution in [2.24, 2.45) is 16.0 Å². The first-order valence-electron chi connectivity index (χ1n) is 10.4. The highest BCUT2D eigenvalue weighted by molar-refractivity contribution is 8.27. The Balaban J connectivity index is 1.41. The average Bonchev–Trinajstić information content (AvgIpc) is 3.20. The number of thioether (sulfide) groups is 1. The van der Waals surface area contributed by atoms with Crippen LogP contribution in [0.25, 0.3) is 6.08 Å². The first kappa shape index (κ1) is 23.1. The number of rotatable bonds is 7. The third-order valence-corrected chi connectivity index (χ3v) is 6.33. The Hall–Kier alpha value is -3.10. The smallest absolute Gasteiger partial charge is 0.283 e. The van der Waals surface area contributed by atoms with E-state index in [1.54, 1.807) is 24.3 Å². The first-order chi connectivity index (χ1) is 15.8. The van der Waals surface area contributed by atoms with Gasteiger partial charge in [-0.2, -0.15) is 15.1 Å². The van der Waals surface area contributed by atoms with Crippen molar-refractivity contribution in [2.45, 2.75) is 20.8 Å². The zero-order valence-corrected chi connectivity index (χ0v) is 20.0. The van der Waals surface area contributed by atoms with Crippen LogP contribution in [0.5, 0.6) is 11.5 Å². The van der Waals surface area contributed by atoms with Gasteiger partial charge < -0.3 is 9.47 Å². The van der Waals surface area contributed by atoms with Gasteiger partial charge >= 0.3 is 0 Å². The number of hydrogen-bond donors (Lipinski definition) is 1. The molecule has 0 atom stereocenters. The Labute approximate surface area is 201 Å². The number of hydrazone groups is 1. The minimum Gasteiger partial charge on any atom is -0.490 e. The van der Waals surface area contributed by atoms with Gasteiger partial charge in [0.15, 0.2) is 5.84 Å². The number of halogens is 1. The minimum absolute atomic E-state index is 0.00195. The lowest BCUT2D eigenvalue weighted by Gasteiger charge is -2.20. The van der Waals surface area contributed by atoms with E-state index in [2.05, 4.69) is 10.1 Å². The van der Waals surface area contributed by atoms with Crippen molar-refractivity contribution >= 4 is 51.4 Å². The maximum atomic E-state index is 12.5. The van der Waals surface area contributed by atoms with Crippen molar-refractivity contribution in [3.05, 3.63) is 64.2 Å². The van der Waals surface area contributed by atoms with Crippen LogP contribution in [-0.4, -0.2) is 40.2 Å². The molecule has 2 aliphatic rings. The zero-order valence-electron chi connectivity index (χ0n) is 18.5. The average molecular weight is 483 g/mol. The Morgan fingerprint density at radius 1 is 1.18 bits per heavy atom. The van der Waals surface area contributed by atoms with Gasteiger partial charge in [-0.1, -0.05) is 43.6 Å². The fraction of sp³-hybridized carbons (Fsp3) is 0.250. The quantitative estimate of drug-likeness (QED) is 0.422. The lowest BCUT2D eigenvalue weighted by Crippen LogP contribution is -2.35. The summed E-state index contributed by atoms with van der Waals surface area (Å²) in [6, 6.07) is 13.0.